The first-order valence-corrected chi connectivity index (χ1v) is 9.98. The van der Waals surface area contributed by atoms with Gasteiger partial charge in [0, 0.05) is 23.7 Å². The van der Waals surface area contributed by atoms with E-state index in [1.807, 2.05) is 31.2 Å². The number of likely N-dealkylation sites (N-methyl/N-ethyl adjacent to an activating group) is 1. The number of cyclic esters (lactones) is 1. The third-order valence-corrected chi connectivity index (χ3v) is 5.30. The van der Waals surface area contributed by atoms with Crippen molar-refractivity contribution in [2.24, 2.45) is 5.73 Å². The number of halogens is 1. The van der Waals surface area contributed by atoms with E-state index in [4.69, 9.17) is 22.1 Å². The van der Waals surface area contributed by atoms with Gasteiger partial charge >= 0.3 is 6.09 Å². The average Bonchev–Trinajstić information content (AvgIpc) is 3.09. The standard InChI is InChI=1S/C22H24ClN3O4/c1-14(26-12-19(30-22(26)29)17-4-3-5-18(23)11-17)10-15-6-8-16(9-7-15)21(28)25(2)13-20(24)27/h3-9,11,14,19H,10,12-13H2,1-2H3,(H2,24,27). The molecule has 0 aliphatic carbocycles. The number of hydrogen-bond acceptors (Lipinski definition) is 4. The van der Waals surface area contributed by atoms with E-state index >= 15 is 0 Å². The molecule has 1 heterocycles. The van der Waals surface area contributed by atoms with Crippen molar-refractivity contribution in [1.82, 2.24) is 9.80 Å². The van der Waals surface area contributed by atoms with Gasteiger partial charge in [-0.25, -0.2) is 4.79 Å². The fourth-order valence-electron chi connectivity index (χ4n) is 3.48. The third-order valence-electron chi connectivity index (χ3n) is 5.06. The molecule has 1 aliphatic rings. The second-order valence-electron chi connectivity index (χ2n) is 7.46. The lowest BCUT2D eigenvalue weighted by Crippen LogP contribution is -2.35. The smallest absolute Gasteiger partial charge is 0.410 e. The molecule has 0 radical (unpaired) electrons. The Bertz CT molecular complexity index is 948. The lowest BCUT2D eigenvalue weighted by Gasteiger charge is -2.22. The van der Waals surface area contributed by atoms with Crippen molar-refractivity contribution in [3.63, 3.8) is 0 Å². The normalized spacial score (nSPS) is 16.8. The van der Waals surface area contributed by atoms with E-state index < -0.39 is 5.91 Å². The molecule has 2 aromatic rings. The molecule has 158 valence electrons. The number of carbonyl (C=O) groups is 3. The van der Waals surface area contributed by atoms with Gasteiger partial charge in [0.05, 0.1) is 13.1 Å². The molecule has 1 fully saturated rings. The minimum Gasteiger partial charge on any atom is -0.439 e. The molecular formula is C22H24ClN3O4. The zero-order valence-electron chi connectivity index (χ0n) is 16.9. The third kappa shape index (κ3) is 5.10. The van der Waals surface area contributed by atoms with E-state index in [0.29, 0.717) is 23.6 Å². The highest BCUT2D eigenvalue weighted by Gasteiger charge is 2.35. The minimum atomic E-state index is -0.565. The van der Waals surface area contributed by atoms with Crippen LogP contribution in [0, 0.1) is 0 Å². The first-order valence-electron chi connectivity index (χ1n) is 9.60. The van der Waals surface area contributed by atoms with E-state index in [-0.39, 0.29) is 30.7 Å². The van der Waals surface area contributed by atoms with Gasteiger partial charge < -0.3 is 20.3 Å². The summed E-state index contributed by atoms with van der Waals surface area (Å²) in [7, 11) is 1.53. The highest BCUT2D eigenvalue weighted by molar-refractivity contribution is 6.30. The van der Waals surface area contributed by atoms with Crippen LogP contribution >= 0.6 is 11.6 Å². The van der Waals surface area contributed by atoms with Crippen LogP contribution in [0.15, 0.2) is 48.5 Å². The van der Waals surface area contributed by atoms with Gasteiger partial charge in [-0.15, -0.1) is 0 Å². The molecule has 2 atom stereocenters. The molecule has 0 spiro atoms. The van der Waals surface area contributed by atoms with Gasteiger partial charge in [-0.05, 0) is 48.7 Å². The van der Waals surface area contributed by atoms with Gasteiger partial charge in [0.25, 0.3) is 5.91 Å². The van der Waals surface area contributed by atoms with Crippen LogP contribution in [0.1, 0.15) is 34.5 Å². The Morgan fingerprint density at radius 2 is 1.97 bits per heavy atom. The van der Waals surface area contributed by atoms with Crippen molar-refractivity contribution in [3.05, 3.63) is 70.2 Å². The van der Waals surface area contributed by atoms with Crippen molar-refractivity contribution < 1.29 is 19.1 Å². The summed E-state index contributed by atoms with van der Waals surface area (Å²) in [6.45, 7) is 2.28. The van der Waals surface area contributed by atoms with E-state index in [1.165, 1.54) is 11.9 Å². The van der Waals surface area contributed by atoms with Crippen LogP contribution in [-0.4, -0.2) is 53.9 Å². The van der Waals surface area contributed by atoms with E-state index in [1.54, 1.807) is 29.2 Å². The fourth-order valence-corrected chi connectivity index (χ4v) is 3.68. The van der Waals surface area contributed by atoms with Gasteiger partial charge in [0.1, 0.15) is 6.10 Å². The summed E-state index contributed by atoms with van der Waals surface area (Å²) >= 11 is 6.04. The number of nitrogens with two attached hydrogens (primary N) is 1. The fraction of sp³-hybridized carbons (Fsp3) is 0.318. The van der Waals surface area contributed by atoms with Gasteiger partial charge in [-0.2, -0.15) is 0 Å². The molecule has 0 aromatic heterocycles. The zero-order valence-corrected chi connectivity index (χ0v) is 17.6. The summed E-state index contributed by atoms with van der Waals surface area (Å²) in [6, 6.07) is 14.3. The second kappa shape index (κ2) is 9.17. The molecule has 0 saturated carbocycles. The summed E-state index contributed by atoms with van der Waals surface area (Å²) in [4.78, 5) is 38.6. The average molecular weight is 430 g/mol. The summed E-state index contributed by atoms with van der Waals surface area (Å²) < 4.78 is 5.52. The Morgan fingerprint density at radius 1 is 1.27 bits per heavy atom. The summed E-state index contributed by atoms with van der Waals surface area (Å²) in [5.74, 6) is -0.842. The number of amides is 3. The Morgan fingerprint density at radius 3 is 2.60 bits per heavy atom. The van der Waals surface area contributed by atoms with Crippen molar-refractivity contribution in [3.8, 4) is 0 Å². The highest BCUT2D eigenvalue weighted by Crippen LogP contribution is 2.29. The number of rotatable bonds is 7. The van der Waals surface area contributed by atoms with Gasteiger partial charge in [0.2, 0.25) is 5.91 Å². The predicted molar refractivity (Wildman–Crippen MR) is 113 cm³/mol. The number of primary amides is 1. The van der Waals surface area contributed by atoms with Gasteiger partial charge in [-0.1, -0.05) is 35.9 Å². The Kier molecular flexibility index (Phi) is 6.62. The van der Waals surface area contributed by atoms with Crippen LogP contribution in [0.3, 0.4) is 0 Å². The van der Waals surface area contributed by atoms with Crippen LogP contribution in [0.2, 0.25) is 5.02 Å². The quantitative estimate of drug-likeness (QED) is 0.732. The lowest BCUT2D eigenvalue weighted by molar-refractivity contribution is -0.118. The van der Waals surface area contributed by atoms with E-state index in [9.17, 15) is 14.4 Å². The number of ether oxygens (including phenoxy) is 1. The summed E-state index contributed by atoms with van der Waals surface area (Å²) in [5.41, 5.74) is 7.45. The molecule has 2 unspecified atom stereocenters. The summed E-state index contributed by atoms with van der Waals surface area (Å²) in [6.07, 6.45) is -0.0880. The van der Waals surface area contributed by atoms with Gasteiger partial charge in [-0.3, -0.25) is 9.59 Å². The molecule has 7 nitrogen and oxygen atoms in total. The van der Waals surface area contributed by atoms with E-state index in [2.05, 4.69) is 0 Å². The maximum atomic E-state index is 12.4. The molecule has 3 amide bonds. The first-order chi connectivity index (χ1) is 14.2. The number of carbonyl (C=O) groups excluding carboxylic acids is 3. The topological polar surface area (TPSA) is 92.9 Å². The number of hydrogen-bond donors (Lipinski definition) is 1. The van der Waals surface area contributed by atoms with Crippen molar-refractivity contribution in [1.29, 1.82) is 0 Å². The second-order valence-corrected chi connectivity index (χ2v) is 7.89. The molecule has 2 aromatic carbocycles. The Labute approximate surface area is 180 Å². The molecule has 1 saturated heterocycles. The molecule has 3 rings (SSSR count). The number of nitrogens with zero attached hydrogens (tertiary/aromatic N) is 2. The summed E-state index contributed by atoms with van der Waals surface area (Å²) in [5, 5.41) is 0.603. The molecule has 0 bridgehead atoms. The Hall–Kier alpha value is -3.06. The van der Waals surface area contributed by atoms with Crippen LogP contribution in [-0.2, 0) is 16.0 Å². The predicted octanol–water partition coefficient (Wildman–Crippen LogP) is 3.02. The molecule has 2 N–H and O–H groups in total. The SMILES string of the molecule is CC(Cc1ccc(C(=O)N(C)CC(N)=O)cc1)N1CC(c2cccc(Cl)c2)OC1=O. The monoisotopic (exact) mass is 429 g/mol. The number of benzene rings is 2. The van der Waals surface area contributed by atoms with Crippen molar-refractivity contribution >= 4 is 29.5 Å². The van der Waals surface area contributed by atoms with Crippen molar-refractivity contribution in [2.45, 2.75) is 25.5 Å². The Balaban J connectivity index is 1.62. The van der Waals surface area contributed by atoms with E-state index in [0.717, 1.165) is 11.1 Å². The largest absolute Gasteiger partial charge is 0.439 e. The lowest BCUT2D eigenvalue weighted by atomic mass is 10.0. The van der Waals surface area contributed by atoms with Crippen LogP contribution in [0.5, 0.6) is 0 Å². The maximum absolute atomic E-state index is 12.4. The first kappa shape index (κ1) is 21.6. The zero-order chi connectivity index (χ0) is 21.8. The molecule has 8 heteroatoms. The van der Waals surface area contributed by atoms with Crippen LogP contribution in [0.4, 0.5) is 4.79 Å². The molecule has 30 heavy (non-hydrogen) atoms. The van der Waals surface area contributed by atoms with Crippen LogP contribution < -0.4 is 5.73 Å². The minimum absolute atomic E-state index is 0.0826. The maximum Gasteiger partial charge on any atom is 0.410 e. The highest BCUT2D eigenvalue weighted by atomic mass is 35.5. The van der Waals surface area contributed by atoms with Gasteiger partial charge in [0.15, 0.2) is 0 Å². The molecular weight excluding hydrogens is 406 g/mol. The molecule has 1 aliphatic heterocycles. The van der Waals surface area contributed by atoms with Crippen LogP contribution in [0.25, 0.3) is 0 Å². The van der Waals surface area contributed by atoms with Crippen molar-refractivity contribution in [2.75, 3.05) is 20.1 Å².